The fraction of sp³-hybridized carbons (Fsp3) is 0.0909. The van der Waals surface area contributed by atoms with E-state index in [2.05, 4.69) is 0 Å². The van der Waals surface area contributed by atoms with Gasteiger partial charge >= 0.3 is 11.9 Å². The minimum Gasteiger partial charge on any atom is -0.465 e. The summed E-state index contributed by atoms with van der Waals surface area (Å²) in [7, 11) is 2.48. The number of anilines is 1. The molecule has 0 spiro atoms. The predicted molar refractivity (Wildman–Crippen MR) is 110 cm³/mol. The largest absolute Gasteiger partial charge is 0.465 e. The lowest BCUT2D eigenvalue weighted by atomic mass is 10.1. The van der Waals surface area contributed by atoms with Gasteiger partial charge in [-0.25, -0.2) is 9.59 Å². The summed E-state index contributed by atoms with van der Waals surface area (Å²) in [6.45, 7) is 0. The SMILES string of the molecule is COC(=O)C1=C(C(=O)OC)N(c2cc(Cl)ccc2Oc2ccccc2)C=CC=C1. The maximum atomic E-state index is 12.6. The molecule has 1 aliphatic heterocycles. The molecule has 0 saturated heterocycles. The second-order valence-electron chi connectivity index (χ2n) is 5.84. The maximum Gasteiger partial charge on any atom is 0.355 e. The van der Waals surface area contributed by atoms with E-state index in [9.17, 15) is 9.59 Å². The normalized spacial score (nSPS) is 13.1. The van der Waals surface area contributed by atoms with E-state index in [0.717, 1.165) is 0 Å². The van der Waals surface area contributed by atoms with Crippen LogP contribution in [0.5, 0.6) is 11.5 Å². The van der Waals surface area contributed by atoms with Crippen LogP contribution in [0.3, 0.4) is 0 Å². The van der Waals surface area contributed by atoms with Gasteiger partial charge in [0.2, 0.25) is 0 Å². The van der Waals surface area contributed by atoms with Crippen molar-refractivity contribution in [2.45, 2.75) is 0 Å². The Morgan fingerprint density at radius 3 is 2.34 bits per heavy atom. The molecular formula is C22H18ClNO5. The summed E-state index contributed by atoms with van der Waals surface area (Å²) < 4.78 is 15.8. The number of hydrogen-bond acceptors (Lipinski definition) is 6. The molecule has 0 unspecified atom stereocenters. The first-order valence-electron chi connectivity index (χ1n) is 8.62. The predicted octanol–water partition coefficient (Wildman–Crippen LogP) is 4.62. The number of benzene rings is 2. The Balaban J connectivity index is 2.18. The number of methoxy groups -OCH3 is 2. The van der Waals surface area contributed by atoms with Crippen molar-refractivity contribution in [3.8, 4) is 11.5 Å². The Hall–Kier alpha value is -3.51. The van der Waals surface area contributed by atoms with Gasteiger partial charge in [0, 0.05) is 11.2 Å². The highest BCUT2D eigenvalue weighted by atomic mass is 35.5. The third-order valence-electron chi connectivity index (χ3n) is 4.04. The Labute approximate surface area is 173 Å². The number of carbonyl (C=O) groups excluding carboxylic acids is 2. The summed E-state index contributed by atoms with van der Waals surface area (Å²) in [6, 6.07) is 14.2. The molecule has 0 atom stereocenters. The molecule has 29 heavy (non-hydrogen) atoms. The molecule has 0 radical (unpaired) electrons. The lowest BCUT2D eigenvalue weighted by molar-refractivity contribution is -0.139. The van der Waals surface area contributed by atoms with Crippen molar-refractivity contribution >= 4 is 29.2 Å². The van der Waals surface area contributed by atoms with E-state index < -0.39 is 11.9 Å². The van der Waals surface area contributed by atoms with Crippen molar-refractivity contribution in [1.29, 1.82) is 0 Å². The highest BCUT2D eigenvalue weighted by molar-refractivity contribution is 6.31. The number of carbonyl (C=O) groups is 2. The van der Waals surface area contributed by atoms with Crippen LogP contribution in [0.1, 0.15) is 0 Å². The van der Waals surface area contributed by atoms with Crippen molar-refractivity contribution < 1.29 is 23.8 Å². The van der Waals surface area contributed by atoms with Crippen LogP contribution in [0.15, 0.2) is 84.2 Å². The van der Waals surface area contributed by atoms with Gasteiger partial charge in [0.25, 0.3) is 0 Å². The van der Waals surface area contributed by atoms with E-state index in [1.165, 1.54) is 25.2 Å². The highest BCUT2D eigenvalue weighted by Gasteiger charge is 2.29. The summed E-state index contributed by atoms with van der Waals surface area (Å²) >= 11 is 6.22. The molecule has 1 heterocycles. The molecule has 0 saturated carbocycles. The standard InChI is InChI=1S/C22H18ClNO5/c1-27-21(25)17-10-6-7-13-24(20(17)22(26)28-2)18-14-15(23)11-12-19(18)29-16-8-4-3-5-9-16/h3-14H,1-2H3. The van der Waals surface area contributed by atoms with Crippen LogP contribution in [0.25, 0.3) is 0 Å². The summed E-state index contributed by atoms with van der Waals surface area (Å²) in [6.07, 6.45) is 6.39. The molecule has 2 aromatic carbocycles. The van der Waals surface area contributed by atoms with Crippen molar-refractivity contribution in [2.24, 2.45) is 0 Å². The highest BCUT2D eigenvalue weighted by Crippen LogP contribution is 2.38. The number of esters is 2. The third-order valence-corrected chi connectivity index (χ3v) is 4.28. The first kappa shape index (κ1) is 20.2. The number of allylic oxidation sites excluding steroid dienone is 2. The lowest BCUT2D eigenvalue weighted by Crippen LogP contribution is -2.27. The van der Waals surface area contributed by atoms with Crippen LogP contribution in [0.4, 0.5) is 5.69 Å². The second kappa shape index (κ2) is 9.12. The van der Waals surface area contributed by atoms with Gasteiger partial charge in [0.15, 0.2) is 5.75 Å². The summed E-state index contributed by atoms with van der Waals surface area (Å²) in [5, 5.41) is 0.426. The van der Waals surface area contributed by atoms with Crippen molar-refractivity contribution in [3.05, 3.63) is 89.3 Å². The van der Waals surface area contributed by atoms with Gasteiger partial charge < -0.3 is 19.1 Å². The minimum absolute atomic E-state index is 0.0236. The molecule has 7 heteroatoms. The minimum atomic E-state index is -0.716. The molecule has 1 aliphatic rings. The first-order valence-corrected chi connectivity index (χ1v) is 9.00. The van der Waals surface area contributed by atoms with E-state index in [4.69, 9.17) is 25.8 Å². The fourth-order valence-electron chi connectivity index (χ4n) is 2.73. The van der Waals surface area contributed by atoms with E-state index in [1.54, 1.807) is 48.7 Å². The average Bonchev–Trinajstić information content (AvgIpc) is 2.97. The van der Waals surface area contributed by atoms with Crippen LogP contribution < -0.4 is 9.64 Å². The number of halogens is 1. The molecule has 0 aliphatic carbocycles. The first-order chi connectivity index (χ1) is 14.0. The zero-order chi connectivity index (χ0) is 20.8. The van der Waals surface area contributed by atoms with Crippen molar-refractivity contribution in [1.82, 2.24) is 0 Å². The van der Waals surface area contributed by atoms with Gasteiger partial charge in [0.05, 0.1) is 25.5 Å². The zero-order valence-electron chi connectivity index (χ0n) is 15.8. The van der Waals surface area contributed by atoms with Crippen molar-refractivity contribution in [3.63, 3.8) is 0 Å². The van der Waals surface area contributed by atoms with Gasteiger partial charge in [-0.15, -0.1) is 0 Å². The number of ether oxygens (including phenoxy) is 3. The molecular weight excluding hydrogens is 394 g/mol. The van der Waals surface area contributed by atoms with E-state index in [1.807, 2.05) is 18.2 Å². The Morgan fingerprint density at radius 2 is 1.66 bits per heavy atom. The van der Waals surface area contributed by atoms with Gasteiger partial charge in [-0.05, 0) is 42.5 Å². The molecule has 148 valence electrons. The van der Waals surface area contributed by atoms with Gasteiger partial charge in [-0.2, -0.15) is 0 Å². The van der Waals surface area contributed by atoms with Crippen LogP contribution >= 0.6 is 11.6 Å². The number of nitrogens with zero attached hydrogens (tertiary/aromatic N) is 1. The molecule has 3 rings (SSSR count). The summed E-state index contributed by atoms with van der Waals surface area (Å²) in [5.74, 6) is -0.363. The molecule has 0 amide bonds. The molecule has 0 fully saturated rings. The van der Waals surface area contributed by atoms with Gasteiger partial charge in [-0.3, -0.25) is 0 Å². The summed E-state index contributed by atoms with van der Waals surface area (Å²) in [4.78, 5) is 26.4. The molecule has 6 nitrogen and oxygen atoms in total. The average molecular weight is 412 g/mol. The van der Waals surface area contributed by atoms with Gasteiger partial charge in [-0.1, -0.05) is 35.9 Å². The van der Waals surface area contributed by atoms with Crippen LogP contribution in [-0.2, 0) is 19.1 Å². The summed E-state index contributed by atoms with van der Waals surface area (Å²) in [5.41, 5.74) is 0.461. The molecule has 0 N–H and O–H groups in total. The number of hydrogen-bond donors (Lipinski definition) is 0. The zero-order valence-corrected chi connectivity index (χ0v) is 16.6. The monoisotopic (exact) mass is 411 g/mol. The maximum absolute atomic E-state index is 12.6. The smallest absolute Gasteiger partial charge is 0.355 e. The van der Waals surface area contributed by atoms with Crippen LogP contribution in [0.2, 0.25) is 5.02 Å². The number of para-hydroxylation sites is 1. The number of rotatable bonds is 5. The van der Waals surface area contributed by atoms with Crippen LogP contribution in [-0.4, -0.2) is 26.2 Å². The molecule has 0 bridgehead atoms. The van der Waals surface area contributed by atoms with Crippen molar-refractivity contribution in [2.75, 3.05) is 19.1 Å². The Bertz CT molecular complexity index is 1010. The topological polar surface area (TPSA) is 65.1 Å². The van der Waals surface area contributed by atoms with E-state index in [0.29, 0.717) is 22.2 Å². The fourth-order valence-corrected chi connectivity index (χ4v) is 2.90. The molecule has 2 aromatic rings. The van der Waals surface area contributed by atoms with E-state index in [-0.39, 0.29) is 11.3 Å². The van der Waals surface area contributed by atoms with Gasteiger partial charge in [0.1, 0.15) is 11.4 Å². The Morgan fingerprint density at radius 1 is 0.931 bits per heavy atom. The molecule has 0 aromatic heterocycles. The third kappa shape index (κ3) is 4.50. The quantitative estimate of drug-likeness (QED) is 0.669. The second-order valence-corrected chi connectivity index (χ2v) is 6.28. The van der Waals surface area contributed by atoms with E-state index >= 15 is 0 Å². The van der Waals surface area contributed by atoms with Crippen LogP contribution in [0, 0.1) is 0 Å². The Kier molecular flexibility index (Phi) is 6.36. The lowest BCUT2D eigenvalue weighted by Gasteiger charge is -2.25.